The monoisotopic (exact) mass is 356 g/mol. The van der Waals surface area contributed by atoms with E-state index in [0.717, 1.165) is 18.2 Å². The van der Waals surface area contributed by atoms with E-state index >= 15 is 0 Å². The van der Waals surface area contributed by atoms with Crippen molar-refractivity contribution in [2.45, 2.75) is 25.3 Å². The number of imidazole rings is 1. The first-order chi connectivity index (χ1) is 12.7. The topological polar surface area (TPSA) is 69.5 Å². The van der Waals surface area contributed by atoms with E-state index in [9.17, 15) is 4.79 Å². The lowest BCUT2D eigenvalue weighted by atomic mass is 9.98. The van der Waals surface area contributed by atoms with E-state index in [4.69, 9.17) is 9.47 Å². The minimum absolute atomic E-state index is 0.0848. The Morgan fingerprint density at radius 1 is 1.31 bits per heavy atom. The van der Waals surface area contributed by atoms with Crippen molar-refractivity contribution < 1.29 is 14.3 Å². The van der Waals surface area contributed by atoms with E-state index in [1.807, 2.05) is 22.8 Å². The number of carbonyl (C=O) groups excluding carboxylic acids is 1. The molecule has 1 aliphatic carbocycles. The van der Waals surface area contributed by atoms with E-state index in [1.165, 1.54) is 25.6 Å². The van der Waals surface area contributed by atoms with E-state index in [-0.39, 0.29) is 11.8 Å². The SMILES string of the molecule is COc1ncccc1C(=O)N1Cc2ncn(C)c2C(COCC2CC2)C1. The van der Waals surface area contributed by atoms with Gasteiger partial charge in [-0.1, -0.05) is 0 Å². The molecular formula is C19H24N4O3. The van der Waals surface area contributed by atoms with Gasteiger partial charge in [-0.05, 0) is 30.9 Å². The van der Waals surface area contributed by atoms with Gasteiger partial charge in [-0.25, -0.2) is 9.97 Å². The maximum absolute atomic E-state index is 13.1. The number of nitrogens with zero attached hydrogens (tertiary/aromatic N) is 4. The van der Waals surface area contributed by atoms with Crippen LogP contribution in [0.15, 0.2) is 24.7 Å². The quantitative estimate of drug-likeness (QED) is 0.792. The van der Waals surface area contributed by atoms with Crippen LogP contribution in [0.5, 0.6) is 5.88 Å². The number of hydrogen-bond acceptors (Lipinski definition) is 5. The number of aryl methyl sites for hydroxylation is 1. The van der Waals surface area contributed by atoms with Crippen LogP contribution in [0.3, 0.4) is 0 Å². The van der Waals surface area contributed by atoms with Crippen LogP contribution in [0.25, 0.3) is 0 Å². The van der Waals surface area contributed by atoms with Gasteiger partial charge in [0.25, 0.3) is 5.91 Å². The molecule has 0 radical (unpaired) electrons. The van der Waals surface area contributed by atoms with Crippen LogP contribution in [-0.4, -0.2) is 52.2 Å². The molecule has 7 nitrogen and oxygen atoms in total. The van der Waals surface area contributed by atoms with E-state index in [1.54, 1.807) is 18.3 Å². The molecule has 4 rings (SSSR count). The van der Waals surface area contributed by atoms with E-state index < -0.39 is 0 Å². The highest BCUT2D eigenvalue weighted by atomic mass is 16.5. The first-order valence-electron chi connectivity index (χ1n) is 9.03. The van der Waals surface area contributed by atoms with Crippen LogP contribution >= 0.6 is 0 Å². The fourth-order valence-corrected chi connectivity index (χ4v) is 3.57. The summed E-state index contributed by atoms with van der Waals surface area (Å²) in [6.45, 7) is 2.52. The fourth-order valence-electron chi connectivity index (χ4n) is 3.57. The molecule has 0 saturated heterocycles. The molecule has 0 bridgehead atoms. The van der Waals surface area contributed by atoms with Crippen LogP contribution in [0.2, 0.25) is 0 Å². The molecule has 0 N–H and O–H groups in total. The molecule has 2 aromatic rings. The summed E-state index contributed by atoms with van der Waals surface area (Å²) in [5.41, 5.74) is 2.59. The molecule has 7 heteroatoms. The van der Waals surface area contributed by atoms with E-state index in [2.05, 4.69) is 9.97 Å². The van der Waals surface area contributed by atoms with Crippen molar-refractivity contribution in [2.24, 2.45) is 13.0 Å². The highest BCUT2D eigenvalue weighted by Gasteiger charge is 2.33. The lowest BCUT2D eigenvalue weighted by Crippen LogP contribution is -2.40. The molecule has 1 fully saturated rings. The summed E-state index contributed by atoms with van der Waals surface area (Å²) in [6, 6.07) is 3.50. The summed E-state index contributed by atoms with van der Waals surface area (Å²) in [5, 5.41) is 0. The third-order valence-electron chi connectivity index (χ3n) is 5.08. The normalized spacial score (nSPS) is 19.3. The van der Waals surface area contributed by atoms with Crippen molar-refractivity contribution in [2.75, 3.05) is 26.9 Å². The Balaban J connectivity index is 1.54. The highest BCUT2D eigenvalue weighted by molar-refractivity contribution is 5.96. The predicted octanol–water partition coefficient (Wildman–Crippen LogP) is 1.99. The minimum atomic E-state index is -0.0848. The molecule has 0 spiro atoms. The summed E-state index contributed by atoms with van der Waals surface area (Å²) in [5.74, 6) is 1.11. The fraction of sp³-hybridized carbons (Fsp3) is 0.526. The largest absolute Gasteiger partial charge is 0.480 e. The van der Waals surface area contributed by atoms with E-state index in [0.29, 0.717) is 31.1 Å². The zero-order chi connectivity index (χ0) is 18.1. The van der Waals surface area contributed by atoms with Gasteiger partial charge >= 0.3 is 0 Å². The van der Waals surface area contributed by atoms with Crippen molar-refractivity contribution >= 4 is 5.91 Å². The lowest BCUT2D eigenvalue weighted by molar-refractivity contribution is 0.0615. The van der Waals surface area contributed by atoms with Gasteiger partial charge < -0.3 is 18.9 Å². The smallest absolute Gasteiger partial charge is 0.259 e. The number of ether oxygens (including phenoxy) is 2. The van der Waals surface area contributed by atoms with Gasteiger partial charge in [0, 0.05) is 38.0 Å². The molecule has 1 atom stereocenters. The van der Waals surface area contributed by atoms with Gasteiger partial charge in [-0.15, -0.1) is 0 Å². The maximum atomic E-state index is 13.1. The molecule has 2 aliphatic rings. The second-order valence-electron chi connectivity index (χ2n) is 7.11. The number of pyridine rings is 1. The van der Waals surface area contributed by atoms with Crippen molar-refractivity contribution in [3.05, 3.63) is 41.6 Å². The summed E-state index contributed by atoms with van der Waals surface area (Å²) < 4.78 is 13.2. The Hall–Kier alpha value is -2.41. The first kappa shape index (κ1) is 17.0. The van der Waals surface area contributed by atoms with Gasteiger partial charge in [0.05, 0.1) is 32.3 Å². The molecule has 26 heavy (non-hydrogen) atoms. The standard InChI is InChI=1S/C19H24N4O3/c1-22-12-21-16-9-23(19(24)15-4-3-7-20-18(15)25-2)8-14(17(16)22)11-26-10-13-5-6-13/h3-4,7,12-14H,5-6,8-11H2,1-2H3. The predicted molar refractivity (Wildman–Crippen MR) is 95.0 cm³/mol. The van der Waals surface area contributed by atoms with Crippen LogP contribution in [0.1, 0.15) is 40.5 Å². The molecule has 1 saturated carbocycles. The van der Waals surface area contributed by atoms with Gasteiger partial charge in [0.1, 0.15) is 5.56 Å². The Morgan fingerprint density at radius 2 is 2.15 bits per heavy atom. The summed E-state index contributed by atoms with van der Waals surface area (Å²) in [7, 11) is 3.53. The molecule has 1 aliphatic heterocycles. The van der Waals surface area contributed by atoms with Crippen molar-refractivity contribution in [1.82, 2.24) is 19.4 Å². The molecule has 3 heterocycles. The number of amides is 1. The molecule has 1 amide bonds. The summed E-state index contributed by atoms with van der Waals surface area (Å²) in [4.78, 5) is 23.5. The summed E-state index contributed by atoms with van der Waals surface area (Å²) in [6.07, 6.45) is 5.98. The number of fused-ring (bicyclic) bond motifs is 1. The maximum Gasteiger partial charge on any atom is 0.259 e. The number of carbonyl (C=O) groups is 1. The van der Waals surface area contributed by atoms with Crippen molar-refractivity contribution in [3.8, 4) is 5.88 Å². The zero-order valence-electron chi connectivity index (χ0n) is 15.2. The first-order valence-corrected chi connectivity index (χ1v) is 9.03. The second kappa shape index (κ2) is 7.07. The highest BCUT2D eigenvalue weighted by Crippen LogP contribution is 2.32. The average molecular weight is 356 g/mol. The van der Waals surface area contributed by atoms with Crippen molar-refractivity contribution in [1.29, 1.82) is 0 Å². The zero-order valence-corrected chi connectivity index (χ0v) is 15.2. The molecule has 1 unspecified atom stereocenters. The third-order valence-corrected chi connectivity index (χ3v) is 5.08. The number of methoxy groups -OCH3 is 1. The minimum Gasteiger partial charge on any atom is -0.480 e. The Labute approximate surface area is 152 Å². The molecule has 2 aromatic heterocycles. The molecule has 138 valence electrons. The van der Waals surface area contributed by atoms with Crippen LogP contribution in [-0.2, 0) is 18.3 Å². The van der Waals surface area contributed by atoms with Gasteiger partial charge in [0.2, 0.25) is 5.88 Å². The average Bonchev–Trinajstić information content (AvgIpc) is 3.42. The van der Waals surface area contributed by atoms with Crippen LogP contribution < -0.4 is 4.74 Å². The Morgan fingerprint density at radius 3 is 2.92 bits per heavy atom. The number of aromatic nitrogens is 3. The second-order valence-corrected chi connectivity index (χ2v) is 7.11. The van der Waals surface area contributed by atoms with Crippen LogP contribution in [0, 0.1) is 5.92 Å². The lowest BCUT2D eigenvalue weighted by Gasteiger charge is -2.33. The van der Waals surface area contributed by atoms with Crippen LogP contribution in [0.4, 0.5) is 0 Å². The Bertz CT molecular complexity index is 800. The van der Waals surface area contributed by atoms with Gasteiger partial charge in [-0.2, -0.15) is 0 Å². The molecular weight excluding hydrogens is 332 g/mol. The number of hydrogen-bond donors (Lipinski definition) is 0. The van der Waals surface area contributed by atoms with Gasteiger partial charge in [0.15, 0.2) is 0 Å². The number of rotatable bonds is 6. The summed E-state index contributed by atoms with van der Waals surface area (Å²) >= 11 is 0. The van der Waals surface area contributed by atoms with Crippen molar-refractivity contribution in [3.63, 3.8) is 0 Å². The third kappa shape index (κ3) is 3.31. The Kier molecular flexibility index (Phi) is 4.63. The van der Waals surface area contributed by atoms with Gasteiger partial charge in [-0.3, -0.25) is 4.79 Å². The molecule has 0 aromatic carbocycles.